The third kappa shape index (κ3) is 2.66. The number of nitrogens with zero attached hydrogens (tertiary/aromatic N) is 3. The molecule has 0 aliphatic rings. The minimum Gasteiger partial charge on any atom is -0.392 e. The Morgan fingerprint density at radius 2 is 2.20 bits per heavy atom. The lowest BCUT2D eigenvalue weighted by Gasteiger charge is -2.20. The van der Waals surface area contributed by atoms with E-state index in [0.29, 0.717) is 0 Å². The van der Waals surface area contributed by atoms with Gasteiger partial charge in [-0.2, -0.15) is 5.10 Å². The molecule has 0 aliphatic heterocycles. The molecule has 1 aromatic rings. The maximum Gasteiger partial charge on any atom is 0.249 e. The van der Waals surface area contributed by atoms with Gasteiger partial charge in [-0.1, -0.05) is 12.2 Å². The second-order valence-corrected chi connectivity index (χ2v) is 3.85. The first-order valence-corrected chi connectivity index (χ1v) is 4.60. The fraction of sp³-hybridized carbons (Fsp3) is 0.375. The van der Waals surface area contributed by atoms with Crippen molar-refractivity contribution in [3.05, 3.63) is 12.4 Å². The number of nitrogens with one attached hydrogen (secondary N) is 1. The zero-order chi connectivity index (χ0) is 11.5. The maximum atomic E-state index is 11.7. The highest BCUT2D eigenvalue weighted by atomic mass is 32.1. The molecule has 15 heavy (non-hydrogen) atoms. The average molecular weight is 225 g/mol. The van der Waals surface area contributed by atoms with Crippen LogP contribution in [0, 0.1) is 5.41 Å². The van der Waals surface area contributed by atoms with Crippen molar-refractivity contribution in [3.8, 4) is 0 Å². The summed E-state index contributed by atoms with van der Waals surface area (Å²) in [5, 5.41) is 9.66. The van der Waals surface area contributed by atoms with E-state index in [-0.39, 0.29) is 16.8 Å². The number of amides is 1. The number of thiocarbonyl (C=S) groups is 1. The Kier molecular flexibility index (Phi) is 3.25. The average Bonchev–Trinajstić information content (AvgIpc) is 2.18. The molecule has 0 atom stereocenters. The molecule has 0 aliphatic carbocycles. The number of nitrogens with two attached hydrogens (primary N) is 1. The van der Waals surface area contributed by atoms with E-state index in [1.807, 2.05) is 0 Å². The summed E-state index contributed by atoms with van der Waals surface area (Å²) in [4.78, 5) is 15.6. The molecule has 1 amide bonds. The molecule has 0 bridgehead atoms. The van der Waals surface area contributed by atoms with Crippen LogP contribution in [0.3, 0.4) is 0 Å². The van der Waals surface area contributed by atoms with Crippen molar-refractivity contribution < 1.29 is 4.79 Å². The summed E-state index contributed by atoms with van der Waals surface area (Å²) in [5.41, 5.74) is 4.50. The minimum atomic E-state index is -0.936. The number of hydrogen-bond donors (Lipinski definition) is 2. The number of carbonyl (C=O) groups excluding carboxylic acids is 1. The normalized spacial score (nSPS) is 10.8. The van der Waals surface area contributed by atoms with E-state index in [9.17, 15) is 4.79 Å². The lowest BCUT2D eigenvalue weighted by atomic mass is 9.92. The molecule has 0 radical (unpaired) electrons. The second kappa shape index (κ2) is 4.26. The molecular formula is C8H11N5OS. The summed E-state index contributed by atoms with van der Waals surface area (Å²) in [6.45, 7) is 3.25. The second-order valence-electron chi connectivity index (χ2n) is 3.41. The standard InChI is InChI=1S/C8H11N5OS/c1-8(2,5(9)15)6(14)12-7-10-3-4-11-13-7/h3-4H,1-2H3,(H2,9,15)(H,10,12,13,14). The van der Waals surface area contributed by atoms with Crippen LogP contribution in [-0.2, 0) is 4.79 Å². The van der Waals surface area contributed by atoms with Crippen LogP contribution < -0.4 is 11.1 Å². The van der Waals surface area contributed by atoms with Gasteiger partial charge in [-0.05, 0) is 13.8 Å². The number of anilines is 1. The first kappa shape index (κ1) is 11.4. The van der Waals surface area contributed by atoms with Gasteiger partial charge in [0.05, 0.1) is 22.8 Å². The highest BCUT2D eigenvalue weighted by Gasteiger charge is 2.31. The van der Waals surface area contributed by atoms with Crippen molar-refractivity contribution in [2.75, 3.05) is 5.32 Å². The molecule has 0 aromatic carbocycles. The van der Waals surface area contributed by atoms with Crippen molar-refractivity contribution in [1.82, 2.24) is 15.2 Å². The summed E-state index contributed by atoms with van der Waals surface area (Å²) in [6.07, 6.45) is 2.84. The summed E-state index contributed by atoms with van der Waals surface area (Å²) in [7, 11) is 0. The predicted octanol–water partition coefficient (Wildman–Crippen LogP) is 0.122. The first-order chi connectivity index (χ1) is 6.94. The molecule has 1 aromatic heterocycles. The van der Waals surface area contributed by atoms with Crippen molar-refractivity contribution >= 4 is 29.1 Å². The predicted molar refractivity (Wildman–Crippen MR) is 59.0 cm³/mol. The molecule has 80 valence electrons. The Morgan fingerprint density at radius 3 is 2.67 bits per heavy atom. The van der Waals surface area contributed by atoms with E-state index in [1.165, 1.54) is 12.4 Å². The largest absolute Gasteiger partial charge is 0.392 e. The first-order valence-electron chi connectivity index (χ1n) is 4.19. The van der Waals surface area contributed by atoms with E-state index < -0.39 is 5.41 Å². The number of rotatable bonds is 3. The smallest absolute Gasteiger partial charge is 0.249 e. The highest BCUT2D eigenvalue weighted by molar-refractivity contribution is 7.80. The van der Waals surface area contributed by atoms with Crippen LogP contribution >= 0.6 is 12.2 Å². The van der Waals surface area contributed by atoms with Gasteiger partial charge in [0.2, 0.25) is 11.9 Å². The quantitative estimate of drug-likeness (QED) is 0.710. The van der Waals surface area contributed by atoms with Crippen molar-refractivity contribution in [3.63, 3.8) is 0 Å². The van der Waals surface area contributed by atoms with Gasteiger partial charge >= 0.3 is 0 Å². The van der Waals surface area contributed by atoms with Crippen LogP contribution in [-0.4, -0.2) is 26.1 Å². The molecule has 1 rings (SSSR count). The van der Waals surface area contributed by atoms with Crippen LogP contribution in [0.2, 0.25) is 0 Å². The van der Waals surface area contributed by atoms with Crippen LogP contribution in [0.5, 0.6) is 0 Å². The topological polar surface area (TPSA) is 93.8 Å². The van der Waals surface area contributed by atoms with Gasteiger partial charge in [0.25, 0.3) is 0 Å². The van der Waals surface area contributed by atoms with E-state index in [0.717, 1.165) is 0 Å². The van der Waals surface area contributed by atoms with Gasteiger partial charge in [-0.25, -0.2) is 4.98 Å². The summed E-state index contributed by atoms with van der Waals surface area (Å²) in [6, 6.07) is 0. The number of carbonyl (C=O) groups is 1. The van der Waals surface area contributed by atoms with Crippen molar-refractivity contribution in [2.24, 2.45) is 11.1 Å². The van der Waals surface area contributed by atoms with Gasteiger partial charge in [-0.15, -0.1) is 5.10 Å². The SMILES string of the molecule is CC(C)(C(=O)Nc1nccnn1)C(N)=S. The molecule has 0 saturated heterocycles. The number of aromatic nitrogens is 3. The summed E-state index contributed by atoms with van der Waals surface area (Å²) >= 11 is 4.78. The third-order valence-electron chi connectivity index (χ3n) is 1.89. The summed E-state index contributed by atoms with van der Waals surface area (Å²) < 4.78 is 0. The maximum absolute atomic E-state index is 11.7. The molecule has 1 heterocycles. The molecule has 3 N–H and O–H groups in total. The van der Waals surface area contributed by atoms with E-state index in [1.54, 1.807) is 13.8 Å². The third-order valence-corrected chi connectivity index (χ3v) is 2.40. The number of hydrogen-bond acceptors (Lipinski definition) is 5. The van der Waals surface area contributed by atoms with Gasteiger partial charge < -0.3 is 5.73 Å². The zero-order valence-electron chi connectivity index (χ0n) is 8.39. The molecule has 0 saturated carbocycles. The Hall–Kier alpha value is -1.63. The minimum absolute atomic E-state index is 0.115. The van der Waals surface area contributed by atoms with Gasteiger partial charge in [0, 0.05) is 0 Å². The van der Waals surface area contributed by atoms with Gasteiger partial charge in [0.1, 0.15) is 0 Å². The molecular weight excluding hydrogens is 214 g/mol. The molecule has 7 heteroatoms. The monoisotopic (exact) mass is 225 g/mol. The van der Waals surface area contributed by atoms with Crippen molar-refractivity contribution in [1.29, 1.82) is 0 Å². The van der Waals surface area contributed by atoms with Crippen LogP contribution in [0.25, 0.3) is 0 Å². The Morgan fingerprint density at radius 1 is 1.53 bits per heavy atom. The fourth-order valence-corrected chi connectivity index (χ4v) is 0.767. The van der Waals surface area contributed by atoms with Crippen LogP contribution in [0.4, 0.5) is 5.95 Å². The Balaban J connectivity index is 2.77. The lowest BCUT2D eigenvalue weighted by Crippen LogP contribution is -2.41. The van der Waals surface area contributed by atoms with E-state index in [2.05, 4.69) is 20.5 Å². The van der Waals surface area contributed by atoms with Crippen LogP contribution in [0.1, 0.15) is 13.8 Å². The zero-order valence-corrected chi connectivity index (χ0v) is 9.21. The van der Waals surface area contributed by atoms with Crippen LogP contribution in [0.15, 0.2) is 12.4 Å². The van der Waals surface area contributed by atoms with Gasteiger partial charge in [0.15, 0.2) is 0 Å². The van der Waals surface area contributed by atoms with E-state index >= 15 is 0 Å². The van der Waals surface area contributed by atoms with E-state index in [4.69, 9.17) is 18.0 Å². The highest BCUT2D eigenvalue weighted by Crippen LogP contribution is 2.17. The Labute approximate surface area is 92.3 Å². The lowest BCUT2D eigenvalue weighted by molar-refractivity contribution is -0.121. The van der Waals surface area contributed by atoms with Crippen molar-refractivity contribution in [2.45, 2.75) is 13.8 Å². The molecule has 0 spiro atoms. The molecule has 0 fully saturated rings. The van der Waals surface area contributed by atoms with Gasteiger partial charge in [-0.3, -0.25) is 10.1 Å². The molecule has 0 unspecified atom stereocenters. The Bertz CT molecular complexity index is 378. The fourth-order valence-electron chi connectivity index (χ4n) is 0.675. The molecule has 6 nitrogen and oxygen atoms in total. The summed E-state index contributed by atoms with van der Waals surface area (Å²) in [5.74, 6) is -0.227.